The molecule has 39 heavy (non-hydrogen) atoms. The fourth-order valence-corrected chi connectivity index (χ4v) is 5.77. The first-order valence-corrected chi connectivity index (χ1v) is 13.0. The predicted molar refractivity (Wildman–Crippen MR) is 146 cm³/mol. The summed E-state index contributed by atoms with van der Waals surface area (Å²) in [5.74, 6) is 2.90. The van der Waals surface area contributed by atoms with E-state index in [9.17, 15) is 5.26 Å². The van der Waals surface area contributed by atoms with Gasteiger partial charge in [0.15, 0.2) is 0 Å². The fourth-order valence-electron chi connectivity index (χ4n) is 5.77. The maximum absolute atomic E-state index is 9.70. The molecule has 194 valence electrons. The number of ether oxygens (including phenoxy) is 1. The van der Waals surface area contributed by atoms with Crippen LogP contribution in [0.2, 0.25) is 0 Å². The van der Waals surface area contributed by atoms with Gasteiger partial charge in [0, 0.05) is 85.8 Å². The normalized spacial score (nSPS) is 19.7. The molecule has 1 aliphatic heterocycles. The lowest BCUT2D eigenvalue weighted by Crippen LogP contribution is -2.31. The van der Waals surface area contributed by atoms with Crippen LogP contribution in [0.1, 0.15) is 11.1 Å². The zero-order valence-corrected chi connectivity index (χ0v) is 21.7. The molecule has 2 aliphatic rings. The molecule has 1 saturated heterocycles. The smallest absolute Gasteiger partial charge is 0.212 e. The Hall–Kier alpha value is -4.75. The van der Waals surface area contributed by atoms with Crippen LogP contribution in [0.25, 0.3) is 27.8 Å². The summed E-state index contributed by atoms with van der Waals surface area (Å²) >= 11 is 0. The molecule has 0 aromatic carbocycles. The molecule has 5 aromatic rings. The van der Waals surface area contributed by atoms with Gasteiger partial charge >= 0.3 is 0 Å². The van der Waals surface area contributed by atoms with Crippen molar-refractivity contribution in [3.8, 4) is 34.2 Å². The van der Waals surface area contributed by atoms with Gasteiger partial charge in [-0.25, -0.2) is 14.5 Å². The lowest BCUT2D eigenvalue weighted by molar-refractivity contribution is 0.397. The number of pyridine rings is 3. The van der Waals surface area contributed by atoms with E-state index in [-0.39, 0.29) is 0 Å². The van der Waals surface area contributed by atoms with E-state index in [1.54, 1.807) is 22.5 Å². The van der Waals surface area contributed by atoms with Crippen molar-refractivity contribution in [2.24, 2.45) is 18.9 Å². The van der Waals surface area contributed by atoms with Crippen LogP contribution < -0.4 is 15.0 Å². The zero-order valence-electron chi connectivity index (χ0n) is 21.7. The fraction of sp³-hybridized carbons (Fsp3) is 0.276. The van der Waals surface area contributed by atoms with Gasteiger partial charge in [-0.1, -0.05) is 6.07 Å². The Labute approximate surface area is 225 Å². The van der Waals surface area contributed by atoms with Gasteiger partial charge in [-0.15, -0.1) is 0 Å². The van der Waals surface area contributed by atoms with E-state index in [1.165, 1.54) is 0 Å². The highest BCUT2D eigenvalue weighted by atomic mass is 16.5. The molecule has 1 aliphatic carbocycles. The Morgan fingerprint density at radius 2 is 1.85 bits per heavy atom. The SMILES string of the molecule is COc1ccc(CN[C@H]2[C@@H]3CN(c4ccc(-c5cc(-c6cnn(C)c6)cn6ncc(C#N)c56)cn4)C[C@@H]32)cn1. The van der Waals surface area contributed by atoms with Crippen molar-refractivity contribution in [3.63, 3.8) is 0 Å². The van der Waals surface area contributed by atoms with E-state index in [2.05, 4.69) is 55.7 Å². The van der Waals surface area contributed by atoms with Crippen LogP contribution in [0, 0.1) is 23.2 Å². The molecule has 10 heteroatoms. The Kier molecular flexibility index (Phi) is 5.52. The van der Waals surface area contributed by atoms with E-state index in [4.69, 9.17) is 9.72 Å². The van der Waals surface area contributed by atoms with Gasteiger partial charge in [-0.05, 0) is 35.6 Å². The summed E-state index contributed by atoms with van der Waals surface area (Å²) in [6.45, 7) is 2.81. The third kappa shape index (κ3) is 4.17. The molecule has 0 bridgehead atoms. The third-order valence-corrected chi connectivity index (χ3v) is 7.90. The number of hydrogen-bond acceptors (Lipinski definition) is 8. The number of methoxy groups -OCH3 is 1. The van der Waals surface area contributed by atoms with Gasteiger partial charge in [0.1, 0.15) is 11.9 Å². The summed E-state index contributed by atoms with van der Waals surface area (Å²) in [7, 11) is 3.52. The molecule has 1 saturated carbocycles. The summed E-state index contributed by atoms with van der Waals surface area (Å²) in [6.07, 6.45) is 11.1. The molecule has 10 nitrogen and oxygen atoms in total. The number of aromatic nitrogens is 6. The first-order chi connectivity index (χ1) is 19.1. The molecule has 0 amide bonds. The second-order valence-corrected chi connectivity index (χ2v) is 10.3. The highest BCUT2D eigenvalue weighted by Crippen LogP contribution is 2.46. The van der Waals surface area contributed by atoms with Crippen molar-refractivity contribution in [2.45, 2.75) is 12.6 Å². The van der Waals surface area contributed by atoms with E-state index in [0.717, 1.165) is 58.8 Å². The highest BCUT2D eigenvalue weighted by Gasteiger charge is 2.55. The number of nitriles is 1. The molecule has 0 radical (unpaired) electrons. The molecular weight excluding hydrogens is 490 g/mol. The number of rotatable bonds is 7. The number of anilines is 1. The topological polar surface area (TPSA) is 109 Å². The van der Waals surface area contributed by atoms with Crippen LogP contribution in [0.3, 0.4) is 0 Å². The molecule has 3 atom stereocenters. The molecular formula is C29H27N9O. The maximum Gasteiger partial charge on any atom is 0.212 e. The summed E-state index contributed by atoms with van der Waals surface area (Å²) < 4.78 is 8.69. The summed E-state index contributed by atoms with van der Waals surface area (Å²) in [5.41, 5.74) is 6.31. The van der Waals surface area contributed by atoms with E-state index in [0.29, 0.717) is 29.3 Å². The Balaban J connectivity index is 1.07. The zero-order chi connectivity index (χ0) is 26.5. The monoisotopic (exact) mass is 517 g/mol. The first-order valence-electron chi connectivity index (χ1n) is 13.0. The van der Waals surface area contributed by atoms with Crippen LogP contribution in [0.4, 0.5) is 5.82 Å². The van der Waals surface area contributed by atoms with Gasteiger partial charge in [-0.2, -0.15) is 15.5 Å². The van der Waals surface area contributed by atoms with E-state index < -0.39 is 0 Å². The van der Waals surface area contributed by atoms with Crippen LogP contribution in [-0.4, -0.2) is 55.6 Å². The van der Waals surface area contributed by atoms with Crippen LogP contribution >= 0.6 is 0 Å². The van der Waals surface area contributed by atoms with Crippen molar-refractivity contribution < 1.29 is 4.74 Å². The van der Waals surface area contributed by atoms with Crippen molar-refractivity contribution in [1.82, 2.24) is 34.7 Å². The Morgan fingerprint density at radius 1 is 0.974 bits per heavy atom. The quantitative estimate of drug-likeness (QED) is 0.350. The van der Waals surface area contributed by atoms with Gasteiger partial charge in [-0.3, -0.25) is 4.68 Å². The van der Waals surface area contributed by atoms with Crippen molar-refractivity contribution in [1.29, 1.82) is 5.26 Å². The molecule has 7 rings (SSSR count). The van der Waals surface area contributed by atoms with Gasteiger partial charge in [0.05, 0.1) is 30.6 Å². The number of nitrogens with zero attached hydrogens (tertiary/aromatic N) is 8. The standard InChI is InChI=1S/C29H27N9O/c1-36-14-22(13-34-36)20-7-23(29-21(8-30)12-35-38(29)15-20)19-4-5-26(31-11-19)37-16-24-25(17-37)28(24)33-10-18-3-6-27(39-2)32-9-18/h3-7,9,11-15,24-25,28,33H,10,16-17H2,1-2H3/t24-,25+,28+. The average Bonchev–Trinajstić information content (AvgIpc) is 3.41. The second-order valence-electron chi connectivity index (χ2n) is 10.3. The number of fused-ring (bicyclic) bond motifs is 2. The Morgan fingerprint density at radius 3 is 2.51 bits per heavy atom. The minimum atomic E-state index is 0.537. The van der Waals surface area contributed by atoms with Crippen molar-refractivity contribution >= 4 is 11.3 Å². The molecule has 6 heterocycles. The maximum atomic E-state index is 9.70. The van der Waals surface area contributed by atoms with Gasteiger partial charge in [0.2, 0.25) is 5.88 Å². The number of aryl methyl sites for hydroxylation is 1. The predicted octanol–water partition coefficient (Wildman–Crippen LogP) is 3.30. The average molecular weight is 518 g/mol. The lowest BCUT2D eigenvalue weighted by atomic mass is 10.0. The summed E-state index contributed by atoms with van der Waals surface area (Å²) in [5, 5.41) is 22.1. The van der Waals surface area contributed by atoms with Crippen LogP contribution in [0.15, 0.2) is 67.5 Å². The van der Waals surface area contributed by atoms with Crippen molar-refractivity contribution in [3.05, 3.63) is 78.6 Å². The van der Waals surface area contributed by atoms with Gasteiger partial charge in [0.25, 0.3) is 0 Å². The van der Waals surface area contributed by atoms with Crippen molar-refractivity contribution in [2.75, 3.05) is 25.1 Å². The van der Waals surface area contributed by atoms with Crippen LogP contribution in [0.5, 0.6) is 5.88 Å². The molecule has 0 spiro atoms. The molecule has 2 fully saturated rings. The number of piperidine rings is 1. The molecule has 5 aromatic heterocycles. The Bertz CT molecular complexity index is 1690. The largest absolute Gasteiger partial charge is 0.481 e. The minimum Gasteiger partial charge on any atom is -0.481 e. The van der Waals surface area contributed by atoms with E-state index in [1.807, 2.05) is 44.1 Å². The summed E-state index contributed by atoms with van der Waals surface area (Å²) in [6, 6.07) is 13.0. The van der Waals surface area contributed by atoms with E-state index >= 15 is 0 Å². The second kappa shape index (κ2) is 9.22. The lowest BCUT2D eigenvalue weighted by Gasteiger charge is -2.21. The third-order valence-electron chi connectivity index (χ3n) is 7.90. The number of hydrogen-bond donors (Lipinski definition) is 1. The molecule has 0 unspecified atom stereocenters. The van der Waals surface area contributed by atoms with Crippen LogP contribution in [-0.2, 0) is 13.6 Å². The number of nitrogens with one attached hydrogen (secondary N) is 1. The minimum absolute atomic E-state index is 0.537. The molecule has 1 N–H and O–H groups in total. The van der Waals surface area contributed by atoms with Gasteiger partial charge < -0.3 is 15.0 Å². The first kappa shape index (κ1) is 23.4. The summed E-state index contributed by atoms with van der Waals surface area (Å²) in [4.78, 5) is 11.5. The highest BCUT2D eigenvalue weighted by molar-refractivity contribution is 5.87.